The number of fused-ring (bicyclic) bond motifs is 2. The standard InChI is InChI=1S/C29H18F7O3S2/c30-27(31,28(32,33)29(34,35)36)26(37)39-41(18-9-3-1-4-10-18,19-11-5-2-6-12-19)20-15-16-24-22(17-20)25(40)21-13-7-8-14-23(21)38-24/h1-17,24H/q+1. The Bertz CT molecular complexity index is 1590. The van der Waals surface area contributed by atoms with Crippen molar-refractivity contribution in [3.8, 4) is 5.75 Å². The van der Waals surface area contributed by atoms with Crippen LogP contribution in [-0.2, 0) is 18.9 Å². The lowest BCUT2D eigenvalue weighted by molar-refractivity contribution is -0.346. The summed E-state index contributed by atoms with van der Waals surface area (Å²) < 4.78 is 108. The fourth-order valence-electron chi connectivity index (χ4n) is 4.34. The SMILES string of the molecule is O=C(O[S+](=C1C=CC2Oc3ccccc3C(=S)C2=C1)(c1ccccc1)c1ccccc1)C(F)(F)C(F)(F)C(F)(F)F. The van der Waals surface area contributed by atoms with E-state index in [-0.39, 0.29) is 14.7 Å². The number of rotatable bonds is 5. The summed E-state index contributed by atoms with van der Waals surface area (Å²) in [7, 11) is -3.69. The van der Waals surface area contributed by atoms with Crippen LogP contribution in [0.3, 0.4) is 0 Å². The molecule has 0 saturated carbocycles. The van der Waals surface area contributed by atoms with Crippen LogP contribution in [0.2, 0.25) is 0 Å². The van der Waals surface area contributed by atoms with Crippen molar-refractivity contribution in [3.63, 3.8) is 0 Å². The van der Waals surface area contributed by atoms with Gasteiger partial charge in [0.05, 0.1) is 4.86 Å². The van der Waals surface area contributed by atoms with E-state index in [0.717, 1.165) is 0 Å². The van der Waals surface area contributed by atoms with Gasteiger partial charge in [0.25, 0.3) is 0 Å². The second kappa shape index (κ2) is 10.3. The largest absolute Gasteiger partial charge is 0.481 e. The van der Waals surface area contributed by atoms with Crippen LogP contribution in [0.25, 0.3) is 0 Å². The molecule has 41 heavy (non-hydrogen) atoms. The maximum absolute atomic E-state index is 14.7. The van der Waals surface area contributed by atoms with Crippen molar-refractivity contribution in [2.45, 2.75) is 33.9 Å². The highest BCUT2D eigenvalue weighted by Gasteiger charge is 2.78. The van der Waals surface area contributed by atoms with E-state index in [1.807, 2.05) is 0 Å². The molecule has 5 rings (SSSR count). The Morgan fingerprint density at radius 2 is 1.34 bits per heavy atom. The Balaban J connectivity index is 1.79. The van der Waals surface area contributed by atoms with Crippen molar-refractivity contribution in [3.05, 3.63) is 114 Å². The maximum Gasteiger partial charge on any atom is 0.460 e. The maximum atomic E-state index is 14.7. The lowest BCUT2D eigenvalue weighted by atomic mass is 9.92. The van der Waals surface area contributed by atoms with Gasteiger partial charge in [-0.3, -0.25) is 4.18 Å². The number of benzene rings is 3. The van der Waals surface area contributed by atoms with Gasteiger partial charge in [0, 0.05) is 17.2 Å². The van der Waals surface area contributed by atoms with Gasteiger partial charge in [-0.05, 0) is 48.6 Å². The summed E-state index contributed by atoms with van der Waals surface area (Å²) in [5.41, 5.74) is 0.955. The second-order valence-corrected chi connectivity index (χ2v) is 12.0. The van der Waals surface area contributed by atoms with Crippen LogP contribution in [0.4, 0.5) is 30.7 Å². The summed E-state index contributed by atoms with van der Waals surface area (Å²) >= 11 is 5.67. The smallest absolute Gasteiger partial charge is 0.460 e. The summed E-state index contributed by atoms with van der Waals surface area (Å²) in [6, 6.07) is 21.6. The molecule has 212 valence electrons. The molecule has 2 aliphatic rings. The fraction of sp³-hybridized carbons (Fsp3) is 0.138. The zero-order chi connectivity index (χ0) is 29.6. The van der Waals surface area contributed by atoms with E-state index in [4.69, 9.17) is 21.1 Å². The van der Waals surface area contributed by atoms with Gasteiger partial charge in [-0.2, -0.15) is 30.7 Å². The lowest BCUT2D eigenvalue weighted by Gasteiger charge is -2.31. The van der Waals surface area contributed by atoms with E-state index >= 15 is 0 Å². The van der Waals surface area contributed by atoms with Crippen molar-refractivity contribution in [2.75, 3.05) is 0 Å². The van der Waals surface area contributed by atoms with Crippen LogP contribution in [-0.4, -0.2) is 39.8 Å². The average Bonchev–Trinajstić information content (AvgIpc) is 2.96. The van der Waals surface area contributed by atoms with Crippen LogP contribution in [0.1, 0.15) is 5.56 Å². The number of allylic oxidation sites excluding steroid dienone is 2. The van der Waals surface area contributed by atoms with Crippen molar-refractivity contribution in [1.82, 2.24) is 0 Å². The monoisotopic (exact) mass is 611 g/mol. The molecule has 0 N–H and O–H groups in total. The molecule has 1 aliphatic carbocycles. The third kappa shape index (κ3) is 4.68. The first kappa shape index (κ1) is 28.7. The Hall–Kier alpha value is -3.77. The summed E-state index contributed by atoms with van der Waals surface area (Å²) in [5.74, 6) is -15.5. The number of para-hydroxylation sites is 1. The minimum Gasteiger partial charge on any atom is -0.481 e. The fourth-order valence-corrected chi connectivity index (χ4v) is 7.77. The average molecular weight is 612 g/mol. The predicted molar refractivity (Wildman–Crippen MR) is 144 cm³/mol. The topological polar surface area (TPSA) is 35.5 Å². The molecule has 0 spiro atoms. The minimum absolute atomic E-state index is 0.0472. The number of thiocarbonyl (C=S) groups is 1. The van der Waals surface area contributed by atoms with Crippen LogP contribution in [0.15, 0.2) is 119 Å². The lowest BCUT2D eigenvalue weighted by Crippen LogP contribution is -2.57. The van der Waals surface area contributed by atoms with Gasteiger partial charge in [-0.25, -0.2) is 4.79 Å². The third-order valence-electron chi connectivity index (χ3n) is 6.38. The molecular weight excluding hydrogens is 593 g/mol. The minimum atomic E-state index is -6.72. The number of halogens is 7. The highest BCUT2D eigenvalue weighted by molar-refractivity contribution is 8.10. The van der Waals surface area contributed by atoms with Crippen molar-refractivity contribution >= 4 is 37.8 Å². The van der Waals surface area contributed by atoms with Crippen LogP contribution < -0.4 is 4.74 Å². The number of alkyl halides is 7. The van der Waals surface area contributed by atoms with Gasteiger partial charge in [-0.15, -0.1) is 0 Å². The second-order valence-electron chi connectivity index (χ2n) is 8.92. The highest BCUT2D eigenvalue weighted by Crippen LogP contribution is 2.48. The van der Waals surface area contributed by atoms with Gasteiger partial charge in [0.2, 0.25) is 0 Å². The van der Waals surface area contributed by atoms with E-state index in [1.54, 1.807) is 36.4 Å². The Morgan fingerprint density at radius 1 is 0.805 bits per heavy atom. The van der Waals surface area contributed by atoms with Gasteiger partial charge in [0.1, 0.15) is 21.8 Å². The van der Waals surface area contributed by atoms with Crippen LogP contribution in [0, 0.1) is 0 Å². The number of hydrogen-bond donors (Lipinski definition) is 0. The van der Waals surface area contributed by atoms with E-state index in [0.29, 0.717) is 21.8 Å². The molecule has 1 aliphatic heterocycles. The molecule has 1 heterocycles. The molecule has 0 bridgehead atoms. The van der Waals surface area contributed by atoms with Crippen LogP contribution in [0.5, 0.6) is 5.75 Å². The molecule has 0 radical (unpaired) electrons. The normalized spacial score (nSPS) is 17.2. The van der Waals surface area contributed by atoms with E-state index < -0.39 is 40.0 Å². The molecule has 3 aromatic carbocycles. The zero-order valence-electron chi connectivity index (χ0n) is 20.6. The number of ether oxygens (including phenoxy) is 1. The highest BCUT2D eigenvalue weighted by atomic mass is 32.3. The molecule has 1 atom stereocenters. The number of carbonyl (C=O) groups excluding carboxylic acids is 1. The summed E-state index contributed by atoms with van der Waals surface area (Å²) in [6.07, 6.45) is -3.05. The van der Waals surface area contributed by atoms with Gasteiger partial charge in [-0.1, -0.05) is 60.7 Å². The van der Waals surface area contributed by atoms with Gasteiger partial charge >= 0.3 is 24.0 Å². The molecule has 1 unspecified atom stereocenters. The first-order chi connectivity index (χ1) is 19.3. The summed E-state index contributed by atoms with van der Waals surface area (Å²) in [5, 5.41) is 0. The molecule has 0 saturated heterocycles. The van der Waals surface area contributed by atoms with E-state index in [2.05, 4.69) is 0 Å². The molecule has 3 aromatic rings. The number of carbonyl (C=O) groups is 1. The predicted octanol–water partition coefficient (Wildman–Crippen LogP) is 7.40. The Kier molecular flexibility index (Phi) is 7.19. The van der Waals surface area contributed by atoms with Gasteiger partial charge < -0.3 is 4.74 Å². The molecule has 0 amide bonds. The van der Waals surface area contributed by atoms with Crippen molar-refractivity contribution < 1.29 is 44.4 Å². The van der Waals surface area contributed by atoms with Crippen LogP contribution >= 0.6 is 12.2 Å². The molecule has 12 heteroatoms. The molecule has 0 fully saturated rings. The van der Waals surface area contributed by atoms with E-state index in [9.17, 15) is 35.5 Å². The summed E-state index contributed by atoms with van der Waals surface area (Å²) in [6.45, 7) is 0. The number of hydrogen-bond acceptors (Lipinski definition) is 4. The zero-order valence-corrected chi connectivity index (χ0v) is 22.2. The third-order valence-corrected chi connectivity index (χ3v) is 10.0. The first-order valence-electron chi connectivity index (χ1n) is 11.9. The molecule has 0 aromatic heterocycles. The summed E-state index contributed by atoms with van der Waals surface area (Å²) in [4.78, 5) is 13.4. The van der Waals surface area contributed by atoms with E-state index in [1.165, 1.54) is 66.8 Å². The Morgan fingerprint density at radius 3 is 1.90 bits per heavy atom. The van der Waals surface area contributed by atoms with Gasteiger partial charge in [0.15, 0.2) is 14.7 Å². The molecule has 3 nitrogen and oxygen atoms in total. The van der Waals surface area contributed by atoms with Crippen molar-refractivity contribution in [2.24, 2.45) is 0 Å². The Labute approximate surface area is 236 Å². The first-order valence-corrected chi connectivity index (χ1v) is 13.8. The quantitative estimate of drug-likeness (QED) is 0.171. The molecular formula is C29H18F7O3S2+. The van der Waals surface area contributed by atoms with Crippen molar-refractivity contribution in [1.29, 1.82) is 0 Å².